The summed E-state index contributed by atoms with van der Waals surface area (Å²) in [6, 6.07) is 0. The van der Waals surface area contributed by atoms with E-state index >= 15 is 0 Å². The summed E-state index contributed by atoms with van der Waals surface area (Å²) in [6.45, 7) is 5.21. The van der Waals surface area contributed by atoms with Crippen molar-refractivity contribution in [2.45, 2.75) is 19.4 Å². The Kier molecular flexibility index (Phi) is 1.68. The van der Waals surface area contributed by atoms with Crippen molar-refractivity contribution in [3.8, 4) is 0 Å². The van der Waals surface area contributed by atoms with Gasteiger partial charge in [0.1, 0.15) is 0 Å². The second-order valence-corrected chi connectivity index (χ2v) is 3.67. The quantitative estimate of drug-likeness (QED) is 0.440. The number of hydrogen-bond acceptors (Lipinski definition) is 2. The Hall–Kier alpha value is -0.570. The Labute approximate surface area is 62.1 Å². The molecule has 1 heterocycles. The van der Waals surface area contributed by atoms with E-state index in [1.54, 1.807) is 0 Å². The first-order valence-electron chi connectivity index (χ1n) is 3.64. The van der Waals surface area contributed by atoms with E-state index in [0.29, 0.717) is 0 Å². The van der Waals surface area contributed by atoms with Crippen molar-refractivity contribution in [2.75, 3.05) is 20.6 Å². The molecule has 58 valence electrons. The van der Waals surface area contributed by atoms with Crippen molar-refractivity contribution in [2.24, 2.45) is 4.99 Å². The van der Waals surface area contributed by atoms with Gasteiger partial charge in [-0.2, -0.15) is 0 Å². The Morgan fingerprint density at radius 3 is 2.30 bits per heavy atom. The lowest BCUT2D eigenvalue weighted by molar-refractivity contribution is -0.760. The summed E-state index contributed by atoms with van der Waals surface area (Å²) in [4.78, 5) is 5.63. The highest BCUT2D eigenvalue weighted by molar-refractivity contribution is 5.73. The Bertz CT molecular complexity index is 158. The van der Waals surface area contributed by atoms with E-state index in [1.807, 2.05) is 0 Å². The monoisotopic (exact) mass is 142 g/mol. The summed E-state index contributed by atoms with van der Waals surface area (Å²) < 4.78 is 0. The first-order valence-corrected chi connectivity index (χ1v) is 3.64. The summed E-state index contributed by atoms with van der Waals surface area (Å²) in [7, 11) is 4.15. The van der Waals surface area contributed by atoms with Crippen LogP contribution in [0.1, 0.15) is 13.8 Å². The molecule has 0 amide bonds. The maximum absolute atomic E-state index is 4.36. The van der Waals surface area contributed by atoms with Crippen molar-refractivity contribution >= 4 is 5.96 Å². The topological polar surface area (TPSA) is 28.8 Å². The summed E-state index contributed by atoms with van der Waals surface area (Å²) >= 11 is 0. The third kappa shape index (κ3) is 1.48. The highest BCUT2D eigenvalue weighted by atomic mass is 15.3. The number of quaternary nitrogens is 1. The maximum Gasteiger partial charge on any atom is 0.296 e. The molecule has 0 fully saturated rings. The number of nitrogens with zero attached hydrogens (tertiary/aromatic N) is 1. The van der Waals surface area contributed by atoms with Crippen molar-refractivity contribution in [3.05, 3.63) is 0 Å². The molecular weight excluding hydrogens is 126 g/mol. The molecule has 0 saturated carbocycles. The van der Waals surface area contributed by atoms with Crippen molar-refractivity contribution in [1.29, 1.82) is 0 Å². The zero-order chi connectivity index (χ0) is 7.78. The average Bonchev–Trinajstić information content (AvgIpc) is 2.10. The molecular formula is C7H16N3+. The number of nitrogens with one attached hydrogen (secondary N) is 2. The van der Waals surface area contributed by atoms with Gasteiger partial charge in [-0.3, -0.25) is 4.90 Å². The smallest absolute Gasteiger partial charge is 0.296 e. The summed E-state index contributed by atoms with van der Waals surface area (Å²) in [5.41, 5.74) is 0.173. The number of rotatable bonds is 0. The van der Waals surface area contributed by atoms with Gasteiger partial charge in [-0.15, -0.1) is 0 Å². The number of guanidine groups is 1. The van der Waals surface area contributed by atoms with Crippen LogP contribution in [0.4, 0.5) is 0 Å². The van der Waals surface area contributed by atoms with Crippen molar-refractivity contribution < 1.29 is 4.90 Å². The molecule has 0 aromatic carbocycles. The maximum atomic E-state index is 4.36. The minimum Gasteiger partial charge on any atom is -0.318 e. The van der Waals surface area contributed by atoms with Crippen LogP contribution in [-0.4, -0.2) is 32.1 Å². The number of hydrogen-bond donors (Lipinski definition) is 2. The highest BCUT2D eigenvalue weighted by Gasteiger charge is 2.28. The molecule has 2 N–H and O–H groups in total. The van der Waals surface area contributed by atoms with Gasteiger partial charge in [0.15, 0.2) is 0 Å². The van der Waals surface area contributed by atoms with E-state index in [0.717, 1.165) is 12.5 Å². The minimum atomic E-state index is 0.173. The molecule has 0 radical (unpaired) electrons. The first kappa shape index (κ1) is 7.54. The molecule has 1 rings (SSSR count). The fraction of sp³-hybridized carbons (Fsp3) is 0.857. The molecule has 3 nitrogen and oxygen atoms in total. The first-order chi connectivity index (χ1) is 4.51. The molecule has 1 aliphatic heterocycles. The van der Waals surface area contributed by atoms with Gasteiger partial charge in [-0.05, 0) is 13.8 Å². The molecule has 0 saturated heterocycles. The molecule has 0 aromatic heterocycles. The van der Waals surface area contributed by atoms with E-state index in [1.165, 1.54) is 4.90 Å². The lowest BCUT2D eigenvalue weighted by atomic mass is 10.1. The van der Waals surface area contributed by atoms with Gasteiger partial charge in [0, 0.05) is 0 Å². The summed E-state index contributed by atoms with van der Waals surface area (Å²) in [5.74, 6) is 1.07. The van der Waals surface area contributed by atoms with Gasteiger partial charge < -0.3 is 5.32 Å². The highest BCUT2D eigenvalue weighted by Crippen LogP contribution is 2.05. The van der Waals surface area contributed by atoms with Crippen LogP contribution in [0, 0.1) is 0 Å². The van der Waals surface area contributed by atoms with Gasteiger partial charge in [-0.25, -0.2) is 4.99 Å². The van der Waals surface area contributed by atoms with Crippen LogP contribution in [0.25, 0.3) is 0 Å². The van der Waals surface area contributed by atoms with Crippen molar-refractivity contribution in [3.63, 3.8) is 0 Å². The van der Waals surface area contributed by atoms with Crippen LogP contribution >= 0.6 is 0 Å². The summed E-state index contributed by atoms with van der Waals surface area (Å²) in [6.07, 6.45) is 0. The van der Waals surface area contributed by atoms with Crippen LogP contribution in [0.2, 0.25) is 0 Å². The molecule has 0 aliphatic carbocycles. The van der Waals surface area contributed by atoms with E-state index in [9.17, 15) is 0 Å². The zero-order valence-electron chi connectivity index (χ0n) is 7.15. The van der Waals surface area contributed by atoms with Crippen molar-refractivity contribution in [1.82, 2.24) is 5.32 Å². The van der Waals surface area contributed by atoms with E-state index < -0.39 is 0 Å². The average molecular weight is 142 g/mol. The zero-order valence-corrected chi connectivity index (χ0v) is 7.15. The van der Waals surface area contributed by atoms with Crippen LogP contribution in [-0.2, 0) is 0 Å². The predicted molar refractivity (Wildman–Crippen MR) is 42.3 cm³/mol. The molecule has 1 aliphatic rings. The van der Waals surface area contributed by atoms with Gasteiger partial charge >= 0.3 is 0 Å². The predicted octanol–water partition coefficient (Wildman–Crippen LogP) is -1.13. The normalized spacial score (nSPS) is 22.7. The second-order valence-electron chi connectivity index (χ2n) is 3.67. The van der Waals surface area contributed by atoms with Gasteiger partial charge in [0.2, 0.25) is 0 Å². The molecule has 0 atom stereocenters. The lowest BCUT2D eigenvalue weighted by Crippen LogP contribution is -3.10. The van der Waals surface area contributed by atoms with E-state index in [2.05, 4.69) is 38.3 Å². The lowest BCUT2D eigenvalue weighted by Gasteiger charge is -2.17. The van der Waals surface area contributed by atoms with Crippen LogP contribution in [0.3, 0.4) is 0 Å². The van der Waals surface area contributed by atoms with Gasteiger partial charge in [0.05, 0.1) is 26.2 Å². The van der Waals surface area contributed by atoms with E-state index in [4.69, 9.17) is 0 Å². The van der Waals surface area contributed by atoms with Crippen LogP contribution in [0.5, 0.6) is 0 Å². The van der Waals surface area contributed by atoms with Crippen LogP contribution in [0.15, 0.2) is 4.99 Å². The van der Waals surface area contributed by atoms with Gasteiger partial charge in [-0.1, -0.05) is 0 Å². The third-order valence-corrected chi connectivity index (χ3v) is 1.56. The Balaban J connectivity index is 2.55. The molecule has 0 aromatic rings. The SMILES string of the molecule is C[NH+](C)C1=NCC(C)(C)N1. The molecule has 0 bridgehead atoms. The molecule has 0 spiro atoms. The molecule has 0 unspecified atom stereocenters. The minimum absolute atomic E-state index is 0.173. The standard InChI is InChI=1S/C7H15N3/c1-7(2)5-8-6(9-7)10(3)4/h5H2,1-4H3,(H,8,9)/p+1. The fourth-order valence-electron chi connectivity index (χ4n) is 0.959. The molecule has 10 heavy (non-hydrogen) atoms. The Morgan fingerprint density at radius 1 is 1.50 bits per heavy atom. The molecule has 3 heteroatoms. The largest absolute Gasteiger partial charge is 0.318 e. The fourth-order valence-corrected chi connectivity index (χ4v) is 0.959. The van der Waals surface area contributed by atoms with Gasteiger partial charge in [0.25, 0.3) is 5.96 Å². The van der Waals surface area contributed by atoms with E-state index in [-0.39, 0.29) is 5.54 Å². The number of aliphatic imine (C=N–C) groups is 1. The summed E-state index contributed by atoms with van der Waals surface area (Å²) in [5, 5.41) is 3.34. The van der Waals surface area contributed by atoms with Crippen LogP contribution < -0.4 is 10.2 Å². The third-order valence-electron chi connectivity index (χ3n) is 1.56. The second kappa shape index (κ2) is 2.23. The Morgan fingerprint density at radius 2 is 2.10 bits per heavy atom.